The summed E-state index contributed by atoms with van der Waals surface area (Å²) in [5.74, 6) is 0.537. The van der Waals surface area contributed by atoms with E-state index in [1.165, 1.54) is 17.3 Å². The van der Waals surface area contributed by atoms with Gasteiger partial charge in [0.2, 0.25) is 5.91 Å². The number of nitrogens with one attached hydrogen (secondary N) is 1. The first kappa shape index (κ1) is 19.4. The molecule has 6 heteroatoms. The van der Waals surface area contributed by atoms with Crippen molar-refractivity contribution in [2.75, 3.05) is 0 Å². The molecule has 1 atom stereocenters. The van der Waals surface area contributed by atoms with Crippen molar-refractivity contribution >= 4 is 28.6 Å². The molecule has 1 unspecified atom stereocenters. The van der Waals surface area contributed by atoms with Crippen molar-refractivity contribution in [3.05, 3.63) is 54.1 Å². The number of carbonyl (C=O) groups excluding carboxylic acids is 1. The highest BCUT2D eigenvalue weighted by molar-refractivity contribution is 8.00. The second kappa shape index (κ2) is 8.57. The number of benzene rings is 1. The van der Waals surface area contributed by atoms with Crippen LogP contribution < -0.4 is 5.32 Å². The van der Waals surface area contributed by atoms with Crippen LogP contribution in [0.25, 0.3) is 10.9 Å². The van der Waals surface area contributed by atoms with E-state index < -0.39 is 0 Å². The molecule has 142 valence electrons. The van der Waals surface area contributed by atoms with E-state index in [1.54, 1.807) is 0 Å². The molecule has 0 aliphatic heterocycles. The molecule has 0 aliphatic rings. The number of pyridine rings is 1. The van der Waals surface area contributed by atoms with Crippen LogP contribution in [0.15, 0.2) is 47.9 Å². The van der Waals surface area contributed by atoms with Crippen LogP contribution in [0.4, 0.5) is 0 Å². The SMILES string of the molecule is Cc1cc(SC(C)C(=O)NCc2cncn2CC(C)C)nc2ccccc12. The van der Waals surface area contributed by atoms with Gasteiger partial charge in [0.05, 0.1) is 34.4 Å². The van der Waals surface area contributed by atoms with Gasteiger partial charge in [-0.25, -0.2) is 9.97 Å². The molecule has 0 spiro atoms. The maximum absolute atomic E-state index is 12.5. The van der Waals surface area contributed by atoms with Crippen molar-refractivity contribution in [2.24, 2.45) is 5.92 Å². The molecule has 1 N–H and O–H groups in total. The van der Waals surface area contributed by atoms with Crippen molar-refractivity contribution < 1.29 is 4.79 Å². The number of aromatic nitrogens is 3. The number of thioether (sulfide) groups is 1. The molecule has 0 bridgehead atoms. The average molecular weight is 383 g/mol. The van der Waals surface area contributed by atoms with Crippen LogP contribution in [-0.4, -0.2) is 25.7 Å². The third-order valence-corrected chi connectivity index (χ3v) is 5.39. The molecule has 0 saturated carbocycles. The smallest absolute Gasteiger partial charge is 0.233 e. The van der Waals surface area contributed by atoms with E-state index >= 15 is 0 Å². The van der Waals surface area contributed by atoms with Gasteiger partial charge in [-0.3, -0.25) is 4.79 Å². The summed E-state index contributed by atoms with van der Waals surface area (Å²) in [5, 5.41) is 4.82. The van der Waals surface area contributed by atoms with Crippen LogP contribution in [0.1, 0.15) is 32.0 Å². The van der Waals surface area contributed by atoms with Gasteiger partial charge in [-0.2, -0.15) is 0 Å². The molecule has 2 aromatic heterocycles. The summed E-state index contributed by atoms with van der Waals surface area (Å²) in [4.78, 5) is 21.4. The minimum absolute atomic E-state index is 0.00455. The zero-order chi connectivity index (χ0) is 19.4. The lowest BCUT2D eigenvalue weighted by atomic mass is 10.1. The van der Waals surface area contributed by atoms with Crippen LogP contribution in [-0.2, 0) is 17.9 Å². The lowest BCUT2D eigenvalue weighted by Crippen LogP contribution is -2.31. The number of hydrogen-bond donors (Lipinski definition) is 1. The fourth-order valence-corrected chi connectivity index (χ4v) is 3.94. The summed E-state index contributed by atoms with van der Waals surface area (Å²) in [6.45, 7) is 9.71. The Labute approximate surface area is 164 Å². The Bertz CT molecular complexity index is 935. The third kappa shape index (κ3) is 4.89. The number of para-hydroxylation sites is 1. The molecule has 0 saturated heterocycles. The second-order valence-electron chi connectivity index (χ2n) is 7.20. The first-order chi connectivity index (χ1) is 12.9. The van der Waals surface area contributed by atoms with Gasteiger partial charge in [0, 0.05) is 18.1 Å². The fraction of sp³-hybridized carbons (Fsp3) is 0.381. The number of amides is 1. The zero-order valence-electron chi connectivity index (χ0n) is 16.3. The van der Waals surface area contributed by atoms with Gasteiger partial charge >= 0.3 is 0 Å². The number of imidazole rings is 1. The molecule has 1 amide bonds. The van der Waals surface area contributed by atoms with E-state index in [0.29, 0.717) is 12.5 Å². The number of hydrogen-bond acceptors (Lipinski definition) is 4. The fourth-order valence-electron chi connectivity index (χ4n) is 2.99. The van der Waals surface area contributed by atoms with Crippen molar-refractivity contribution in [1.29, 1.82) is 0 Å². The van der Waals surface area contributed by atoms with Crippen LogP contribution in [0.5, 0.6) is 0 Å². The van der Waals surface area contributed by atoms with Gasteiger partial charge in [-0.1, -0.05) is 43.8 Å². The van der Waals surface area contributed by atoms with Crippen molar-refractivity contribution in [3.63, 3.8) is 0 Å². The predicted octanol–water partition coefficient (Wildman–Crippen LogP) is 4.19. The third-order valence-electron chi connectivity index (χ3n) is 4.37. The van der Waals surface area contributed by atoms with Gasteiger partial charge in [-0.05, 0) is 37.5 Å². The molecule has 0 fully saturated rings. The largest absolute Gasteiger partial charge is 0.350 e. The normalized spacial score (nSPS) is 12.5. The van der Waals surface area contributed by atoms with E-state index in [0.717, 1.165) is 28.2 Å². The first-order valence-electron chi connectivity index (χ1n) is 9.24. The van der Waals surface area contributed by atoms with Crippen molar-refractivity contribution in [2.45, 2.75) is 51.1 Å². The maximum Gasteiger partial charge on any atom is 0.233 e. The summed E-state index contributed by atoms with van der Waals surface area (Å²) in [6, 6.07) is 10.1. The van der Waals surface area contributed by atoms with Gasteiger partial charge in [0.15, 0.2) is 0 Å². The Morgan fingerprint density at radius 1 is 1.26 bits per heavy atom. The monoisotopic (exact) mass is 382 g/mol. The molecule has 3 aromatic rings. The highest BCUT2D eigenvalue weighted by Crippen LogP contribution is 2.26. The minimum Gasteiger partial charge on any atom is -0.350 e. The maximum atomic E-state index is 12.5. The highest BCUT2D eigenvalue weighted by Gasteiger charge is 2.16. The number of nitrogens with zero attached hydrogens (tertiary/aromatic N) is 3. The molecular weight excluding hydrogens is 356 g/mol. The van der Waals surface area contributed by atoms with E-state index in [9.17, 15) is 4.79 Å². The Hall–Kier alpha value is -2.34. The Morgan fingerprint density at radius 2 is 2.04 bits per heavy atom. The van der Waals surface area contributed by atoms with Crippen LogP contribution in [0.3, 0.4) is 0 Å². The standard InChI is InChI=1S/C21H26N4OS/c1-14(2)12-25-13-22-10-17(25)11-23-21(26)16(4)27-20-9-15(3)18-7-5-6-8-19(18)24-20/h5-10,13-14,16H,11-12H2,1-4H3,(H,23,26). The van der Waals surface area contributed by atoms with Crippen molar-refractivity contribution in [3.8, 4) is 0 Å². The van der Waals surface area contributed by atoms with Crippen LogP contribution >= 0.6 is 11.8 Å². The predicted molar refractivity (Wildman–Crippen MR) is 111 cm³/mol. The summed E-state index contributed by atoms with van der Waals surface area (Å²) >= 11 is 1.49. The summed E-state index contributed by atoms with van der Waals surface area (Å²) in [7, 11) is 0. The molecule has 27 heavy (non-hydrogen) atoms. The molecule has 2 heterocycles. The van der Waals surface area contributed by atoms with Crippen LogP contribution in [0.2, 0.25) is 0 Å². The first-order valence-corrected chi connectivity index (χ1v) is 10.1. The van der Waals surface area contributed by atoms with Gasteiger partial charge in [0.25, 0.3) is 0 Å². The second-order valence-corrected chi connectivity index (χ2v) is 8.56. The Morgan fingerprint density at radius 3 is 2.81 bits per heavy atom. The number of fused-ring (bicyclic) bond motifs is 1. The molecule has 0 aliphatic carbocycles. The lowest BCUT2D eigenvalue weighted by molar-refractivity contribution is -0.120. The van der Waals surface area contributed by atoms with Crippen molar-refractivity contribution in [1.82, 2.24) is 19.9 Å². The van der Waals surface area contributed by atoms with E-state index in [2.05, 4.69) is 52.8 Å². The topological polar surface area (TPSA) is 59.8 Å². The van der Waals surface area contributed by atoms with Gasteiger partial charge < -0.3 is 9.88 Å². The van der Waals surface area contributed by atoms with E-state index in [1.807, 2.05) is 37.6 Å². The summed E-state index contributed by atoms with van der Waals surface area (Å²) in [5.41, 5.74) is 3.16. The number of carbonyl (C=O) groups is 1. The number of rotatable bonds is 7. The zero-order valence-corrected chi connectivity index (χ0v) is 17.1. The molecular formula is C21H26N4OS. The highest BCUT2D eigenvalue weighted by atomic mass is 32.2. The van der Waals surface area contributed by atoms with E-state index in [4.69, 9.17) is 0 Å². The van der Waals surface area contributed by atoms with E-state index in [-0.39, 0.29) is 11.2 Å². The van der Waals surface area contributed by atoms with Gasteiger partial charge in [0.1, 0.15) is 0 Å². The Balaban J connectivity index is 1.62. The summed E-state index contributed by atoms with van der Waals surface area (Å²) < 4.78 is 2.09. The minimum atomic E-state index is -0.223. The van der Waals surface area contributed by atoms with Gasteiger partial charge in [-0.15, -0.1) is 0 Å². The molecule has 5 nitrogen and oxygen atoms in total. The molecule has 1 aromatic carbocycles. The quantitative estimate of drug-likeness (QED) is 0.623. The summed E-state index contributed by atoms with van der Waals surface area (Å²) in [6.07, 6.45) is 3.64. The molecule has 3 rings (SSSR count). The Kier molecular flexibility index (Phi) is 6.16. The van der Waals surface area contributed by atoms with Crippen LogP contribution in [0, 0.1) is 12.8 Å². The molecule has 0 radical (unpaired) electrons. The average Bonchev–Trinajstić information content (AvgIpc) is 3.06. The number of aryl methyl sites for hydroxylation is 1. The lowest BCUT2D eigenvalue weighted by Gasteiger charge is -2.14.